The van der Waals surface area contributed by atoms with Gasteiger partial charge < -0.3 is 35.3 Å². The van der Waals surface area contributed by atoms with Gasteiger partial charge in [-0.05, 0) is 99.5 Å². The average molecular weight is 975 g/mol. The number of rotatable bonds is 15. The molecule has 2 atom stereocenters. The lowest BCUT2D eigenvalue weighted by atomic mass is 10.0. The number of likely N-dealkylation sites (N-methyl/N-ethyl adjacent to an activating group) is 2. The first kappa shape index (κ1) is 50.8. The van der Waals surface area contributed by atoms with E-state index in [0.717, 1.165) is 38.0 Å². The monoisotopic (exact) mass is 972 g/mol. The Morgan fingerprint density at radius 3 is 1.50 bits per heavy atom. The second kappa shape index (κ2) is 23.7. The van der Waals surface area contributed by atoms with E-state index in [2.05, 4.69) is 41.8 Å². The fourth-order valence-corrected chi connectivity index (χ4v) is 7.23. The molecular formula is C49H55BrCl2N6O6. The SMILES string of the molecule is C.CNC(=O)C(Cc1ccc(-c2nc3ccccc3n2C)cc1)NC(=O)c1ccc(OC(C)C)c(Cl)c1.CNC(=O)C(Cc1ccc(Br)cc1)NC(=O)c1ccc(OC(C)C)c(Cl)c1. The minimum atomic E-state index is -0.755. The third-order valence-corrected chi connectivity index (χ3v) is 10.8. The Morgan fingerprint density at radius 2 is 1.09 bits per heavy atom. The number of aryl methyl sites for hydroxylation is 1. The fraction of sp³-hybridized carbons (Fsp3) is 0.286. The summed E-state index contributed by atoms with van der Waals surface area (Å²) in [6.45, 7) is 7.59. The standard InChI is InChI=1S/C28H29ClN4O3.C20H22BrClN2O3.CH4/c1-17(2)36-25-14-13-20(16-21(25)29)27(34)32-23(28(35)30-3)15-18-9-11-19(12-10-18)26-31-22-7-5-6-8-24(22)33(26)4;1-12(2)27-18-9-6-14(11-16(18)22)19(25)24-17(20(26)23-3)10-13-4-7-15(21)8-5-13;/h5-14,16-17,23H,15H2,1-4H3,(H,30,35)(H,32,34);4-9,11-12,17H,10H2,1-3H3,(H,23,26)(H,24,25);1H4. The highest BCUT2D eigenvalue weighted by atomic mass is 79.9. The molecule has 0 aliphatic heterocycles. The number of nitrogens with zero attached hydrogens (tertiary/aromatic N) is 2. The van der Waals surface area contributed by atoms with E-state index < -0.39 is 18.0 Å². The number of carbonyl (C=O) groups excluding carboxylic acids is 4. The molecule has 0 saturated carbocycles. The van der Waals surface area contributed by atoms with E-state index in [9.17, 15) is 19.2 Å². The number of benzene rings is 5. The average Bonchev–Trinajstić information content (AvgIpc) is 3.60. The van der Waals surface area contributed by atoms with E-state index in [1.54, 1.807) is 37.4 Å². The summed E-state index contributed by atoms with van der Waals surface area (Å²) in [6, 6.07) is 31.6. The smallest absolute Gasteiger partial charge is 0.251 e. The van der Waals surface area contributed by atoms with Crippen molar-refractivity contribution in [3.05, 3.63) is 146 Å². The van der Waals surface area contributed by atoms with Crippen LogP contribution in [0, 0.1) is 0 Å². The van der Waals surface area contributed by atoms with Crippen LogP contribution in [0.2, 0.25) is 10.0 Å². The number of carbonyl (C=O) groups is 4. The van der Waals surface area contributed by atoms with E-state index >= 15 is 0 Å². The second-order valence-electron chi connectivity index (χ2n) is 15.1. The van der Waals surface area contributed by atoms with Gasteiger partial charge in [-0.15, -0.1) is 0 Å². The van der Waals surface area contributed by atoms with Crippen LogP contribution in [0.1, 0.15) is 67.0 Å². The van der Waals surface area contributed by atoms with E-state index in [1.807, 2.05) is 108 Å². The number of halogens is 3. The molecule has 0 bridgehead atoms. The van der Waals surface area contributed by atoms with Crippen LogP contribution in [0.4, 0.5) is 0 Å². The quantitative estimate of drug-likeness (QED) is 0.0801. The zero-order valence-electron chi connectivity index (χ0n) is 36.1. The molecule has 1 heterocycles. The van der Waals surface area contributed by atoms with Crippen LogP contribution in [0.15, 0.2) is 114 Å². The first-order valence-electron chi connectivity index (χ1n) is 20.3. The molecule has 0 radical (unpaired) electrons. The molecule has 4 N–H and O–H groups in total. The summed E-state index contributed by atoms with van der Waals surface area (Å²) < 4.78 is 14.2. The molecule has 6 rings (SSSR count). The van der Waals surface area contributed by atoms with Crippen LogP contribution in [0.3, 0.4) is 0 Å². The van der Waals surface area contributed by atoms with Gasteiger partial charge in [0.05, 0.1) is 33.3 Å². The van der Waals surface area contributed by atoms with E-state index in [0.29, 0.717) is 45.5 Å². The van der Waals surface area contributed by atoms with Crippen LogP contribution >= 0.6 is 39.1 Å². The highest BCUT2D eigenvalue weighted by molar-refractivity contribution is 9.10. The second-order valence-corrected chi connectivity index (χ2v) is 16.8. The van der Waals surface area contributed by atoms with Crippen molar-refractivity contribution in [1.82, 2.24) is 30.8 Å². The molecule has 1 aromatic heterocycles. The van der Waals surface area contributed by atoms with Crippen molar-refractivity contribution in [2.24, 2.45) is 7.05 Å². The molecular weight excluding hydrogens is 919 g/mol. The number of fused-ring (bicyclic) bond motifs is 1. The van der Waals surface area contributed by atoms with Gasteiger partial charge >= 0.3 is 0 Å². The molecule has 0 aliphatic rings. The Labute approximate surface area is 393 Å². The van der Waals surface area contributed by atoms with E-state index in [4.69, 9.17) is 37.7 Å². The maximum Gasteiger partial charge on any atom is 0.251 e. The largest absolute Gasteiger partial charge is 0.489 e. The molecule has 64 heavy (non-hydrogen) atoms. The predicted octanol–water partition coefficient (Wildman–Crippen LogP) is 9.38. The van der Waals surface area contributed by atoms with Crippen LogP contribution < -0.4 is 30.7 Å². The number of nitrogens with one attached hydrogen (secondary N) is 4. The molecule has 0 aliphatic carbocycles. The number of imidazole rings is 1. The van der Waals surface area contributed by atoms with E-state index in [1.165, 1.54) is 13.1 Å². The van der Waals surface area contributed by atoms with Crippen molar-refractivity contribution >= 4 is 73.8 Å². The maximum absolute atomic E-state index is 12.9. The van der Waals surface area contributed by atoms with Gasteiger partial charge in [0.15, 0.2) is 0 Å². The first-order chi connectivity index (χ1) is 30.1. The third-order valence-electron chi connectivity index (χ3n) is 9.64. The molecule has 0 fully saturated rings. The van der Waals surface area contributed by atoms with Crippen molar-refractivity contribution < 1.29 is 28.7 Å². The summed E-state index contributed by atoms with van der Waals surface area (Å²) in [7, 11) is 5.08. The predicted molar refractivity (Wildman–Crippen MR) is 260 cm³/mol. The van der Waals surface area contributed by atoms with E-state index in [-0.39, 0.29) is 37.4 Å². The minimum absolute atomic E-state index is 0. The summed E-state index contributed by atoms with van der Waals surface area (Å²) in [5.74, 6) is 0.566. The van der Waals surface area contributed by atoms with Crippen molar-refractivity contribution in [1.29, 1.82) is 0 Å². The van der Waals surface area contributed by atoms with Crippen molar-refractivity contribution in [2.75, 3.05) is 14.1 Å². The first-order valence-corrected chi connectivity index (χ1v) is 21.8. The number of para-hydroxylation sites is 2. The van der Waals surface area contributed by atoms with Gasteiger partial charge in [-0.1, -0.05) is 95.1 Å². The van der Waals surface area contributed by atoms with Crippen molar-refractivity contribution in [3.8, 4) is 22.9 Å². The topological polar surface area (TPSA) is 153 Å². The van der Waals surface area contributed by atoms with Crippen LogP contribution in [-0.2, 0) is 29.5 Å². The molecule has 338 valence electrons. The van der Waals surface area contributed by atoms with Gasteiger partial charge in [-0.25, -0.2) is 4.98 Å². The van der Waals surface area contributed by atoms with Gasteiger partial charge in [-0.3, -0.25) is 19.2 Å². The summed E-state index contributed by atoms with van der Waals surface area (Å²) in [5.41, 5.74) is 5.52. The Morgan fingerprint density at radius 1 is 0.656 bits per heavy atom. The van der Waals surface area contributed by atoms with Gasteiger partial charge in [0.25, 0.3) is 11.8 Å². The lowest BCUT2D eigenvalue weighted by molar-refractivity contribution is -0.123. The molecule has 2 unspecified atom stereocenters. The Hall–Kier alpha value is -5.89. The van der Waals surface area contributed by atoms with Crippen LogP contribution in [-0.4, -0.2) is 71.6 Å². The van der Waals surface area contributed by atoms with Gasteiger partial charge in [-0.2, -0.15) is 0 Å². The highest BCUT2D eigenvalue weighted by Gasteiger charge is 2.23. The van der Waals surface area contributed by atoms with Crippen LogP contribution in [0.25, 0.3) is 22.4 Å². The van der Waals surface area contributed by atoms with Crippen molar-refractivity contribution in [2.45, 2.75) is 72.3 Å². The third kappa shape index (κ3) is 13.8. The number of hydrogen-bond donors (Lipinski definition) is 4. The highest BCUT2D eigenvalue weighted by Crippen LogP contribution is 2.28. The van der Waals surface area contributed by atoms with Gasteiger partial charge in [0, 0.05) is 55.1 Å². The molecule has 6 aromatic rings. The number of aromatic nitrogens is 2. The molecule has 4 amide bonds. The lowest BCUT2D eigenvalue weighted by Crippen LogP contribution is -2.47. The summed E-state index contributed by atoms with van der Waals surface area (Å²) >= 11 is 15.9. The summed E-state index contributed by atoms with van der Waals surface area (Å²) in [5, 5.41) is 11.5. The van der Waals surface area contributed by atoms with Crippen molar-refractivity contribution in [3.63, 3.8) is 0 Å². The summed E-state index contributed by atoms with van der Waals surface area (Å²) in [4.78, 5) is 55.0. The molecule has 0 spiro atoms. The van der Waals surface area contributed by atoms with Gasteiger partial charge in [0.1, 0.15) is 29.4 Å². The minimum Gasteiger partial charge on any atom is -0.489 e. The van der Waals surface area contributed by atoms with Crippen LogP contribution in [0.5, 0.6) is 11.5 Å². The fourth-order valence-electron chi connectivity index (χ4n) is 6.52. The number of hydrogen-bond acceptors (Lipinski definition) is 7. The summed E-state index contributed by atoms with van der Waals surface area (Å²) in [6.07, 6.45) is 0.644. The lowest BCUT2D eigenvalue weighted by Gasteiger charge is -2.18. The number of amides is 4. The Balaban J connectivity index is 0.000000288. The molecule has 12 nitrogen and oxygen atoms in total. The Kier molecular flexibility index (Phi) is 18.8. The normalized spacial score (nSPS) is 11.7. The Bertz CT molecular complexity index is 2550. The zero-order chi connectivity index (χ0) is 45.8. The number of ether oxygens (including phenoxy) is 2. The molecule has 0 saturated heterocycles. The molecule has 15 heteroatoms. The maximum atomic E-state index is 12.9. The molecule has 5 aromatic carbocycles. The van der Waals surface area contributed by atoms with Gasteiger partial charge in [0.2, 0.25) is 11.8 Å². The zero-order valence-corrected chi connectivity index (χ0v) is 39.2.